The normalized spacial score (nSPS) is 14.2. The molecule has 152 valence electrons. The molecule has 0 saturated carbocycles. The van der Waals surface area contributed by atoms with Gasteiger partial charge in [0, 0.05) is 36.0 Å². The first-order valence-corrected chi connectivity index (χ1v) is 10.1. The number of esters is 1. The van der Waals surface area contributed by atoms with Gasteiger partial charge in [0.2, 0.25) is 5.91 Å². The van der Waals surface area contributed by atoms with Crippen LogP contribution >= 0.6 is 23.7 Å². The molecule has 6 nitrogen and oxygen atoms in total. The number of benzene rings is 1. The minimum absolute atomic E-state index is 0. The molecule has 2 heterocycles. The first-order valence-electron chi connectivity index (χ1n) is 9.18. The quantitative estimate of drug-likeness (QED) is 0.722. The maximum atomic E-state index is 12.7. The van der Waals surface area contributed by atoms with Gasteiger partial charge in [-0.1, -0.05) is 12.1 Å². The Labute approximate surface area is 175 Å². The summed E-state index contributed by atoms with van der Waals surface area (Å²) in [5.41, 5.74) is 2.78. The summed E-state index contributed by atoms with van der Waals surface area (Å²) in [6, 6.07) is 7.89. The van der Waals surface area contributed by atoms with Crippen molar-refractivity contribution in [3.8, 4) is 11.3 Å². The van der Waals surface area contributed by atoms with Crippen molar-refractivity contribution < 1.29 is 14.3 Å². The average Bonchev–Trinajstić information content (AvgIpc) is 3.20. The highest BCUT2D eigenvalue weighted by molar-refractivity contribution is 7.09. The molecular formula is C20H26ClN3O3S. The molecule has 8 heteroatoms. The lowest BCUT2D eigenvalue weighted by Crippen LogP contribution is -2.39. The number of hydrogen-bond acceptors (Lipinski definition) is 6. The number of aryl methyl sites for hydroxylation is 1. The molecule has 1 saturated heterocycles. The van der Waals surface area contributed by atoms with Crippen LogP contribution < -0.4 is 10.2 Å². The maximum absolute atomic E-state index is 12.7. The number of carbonyl (C=O) groups is 2. The fourth-order valence-corrected chi connectivity index (χ4v) is 4.00. The predicted molar refractivity (Wildman–Crippen MR) is 114 cm³/mol. The smallest absolute Gasteiger partial charge is 0.305 e. The lowest BCUT2D eigenvalue weighted by atomic mass is 9.96. The lowest BCUT2D eigenvalue weighted by Gasteiger charge is -2.27. The second kappa shape index (κ2) is 10.5. The van der Waals surface area contributed by atoms with Crippen LogP contribution in [0.2, 0.25) is 0 Å². The number of carbonyl (C=O) groups excluding carboxylic acids is 2. The molecule has 0 bridgehead atoms. The molecule has 1 amide bonds. The van der Waals surface area contributed by atoms with E-state index in [-0.39, 0.29) is 30.2 Å². The summed E-state index contributed by atoms with van der Waals surface area (Å²) in [6.07, 6.45) is 2.72. The number of piperidine rings is 1. The number of nitrogens with one attached hydrogen (secondary N) is 1. The standard InChI is InChI=1S/C20H25N3O3S.ClH/c1-23(20(25)15-9-11-21-12-10-15)16-5-3-14(4-6-16)17-13-27-18(22-17)7-8-19(24)26-2;/h3-6,13,15,21H,7-12H2,1-2H3;1H. The van der Waals surface area contributed by atoms with Crippen molar-refractivity contribution in [2.24, 2.45) is 5.92 Å². The van der Waals surface area contributed by atoms with E-state index in [0.29, 0.717) is 12.8 Å². The van der Waals surface area contributed by atoms with Crippen molar-refractivity contribution in [2.45, 2.75) is 25.7 Å². The summed E-state index contributed by atoms with van der Waals surface area (Å²) in [4.78, 5) is 30.3. The van der Waals surface area contributed by atoms with E-state index in [4.69, 9.17) is 0 Å². The molecule has 1 aliphatic heterocycles. The number of thiazole rings is 1. The predicted octanol–water partition coefficient (Wildman–Crippen LogP) is 3.30. The monoisotopic (exact) mass is 423 g/mol. The minimum atomic E-state index is -0.224. The van der Waals surface area contributed by atoms with Crippen molar-refractivity contribution in [3.05, 3.63) is 34.7 Å². The van der Waals surface area contributed by atoms with Crippen LogP contribution in [0.3, 0.4) is 0 Å². The molecule has 2 aromatic rings. The summed E-state index contributed by atoms with van der Waals surface area (Å²) >= 11 is 1.54. The van der Waals surface area contributed by atoms with E-state index in [2.05, 4.69) is 15.0 Å². The van der Waals surface area contributed by atoms with E-state index >= 15 is 0 Å². The second-order valence-corrected chi connectivity index (χ2v) is 7.61. The van der Waals surface area contributed by atoms with Crippen LogP contribution in [0.25, 0.3) is 11.3 Å². The molecule has 0 spiro atoms. The molecule has 1 aliphatic rings. The SMILES string of the molecule is COC(=O)CCc1nc(-c2ccc(N(C)C(=O)C3CCNCC3)cc2)cs1.Cl. The number of ether oxygens (including phenoxy) is 1. The van der Waals surface area contributed by atoms with E-state index < -0.39 is 0 Å². The Morgan fingerprint density at radius 3 is 2.57 bits per heavy atom. The fraction of sp³-hybridized carbons (Fsp3) is 0.450. The first-order chi connectivity index (χ1) is 13.1. The largest absolute Gasteiger partial charge is 0.469 e. The van der Waals surface area contributed by atoms with Crippen LogP contribution in [0.5, 0.6) is 0 Å². The number of aromatic nitrogens is 1. The number of hydrogen-bond donors (Lipinski definition) is 1. The molecule has 1 fully saturated rings. The van der Waals surface area contributed by atoms with Gasteiger partial charge in [0.05, 0.1) is 24.2 Å². The minimum Gasteiger partial charge on any atom is -0.469 e. The molecule has 0 radical (unpaired) electrons. The van der Waals surface area contributed by atoms with Crippen molar-refractivity contribution in [1.82, 2.24) is 10.3 Å². The maximum Gasteiger partial charge on any atom is 0.305 e. The van der Waals surface area contributed by atoms with Gasteiger partial charge in [-0.05, 0) is 38.1 Å². The van der Waals surface area contributed by atoms with E-state index in [9.17, 15) is 9.59 Å². The third kappa shape index (κ3) is 5.53. The Morgan fingerprint density at radius 1 is 1.25 bits per heavy atom. The summed E-state index contributed by atoms with van der Waals surface area (Å²) in [5, 5.41) is 6.20. The van der Waals surface area contributed by atoms with Gasteiger partial charge in [0.1, 0.15) is 0 Å². The van der Waals surface area contributed by atoms with Crippen LogP contribution in [0.15, 0.2) is 29.6 Å². The van der Waals surface area contributed by atoms with Crippen LogP contribution in [0.4, 0.5) is 5.69 Å². The van der Waals surface area contributed by atoms with Crippen LogP contribution in [0, 0.1) is 5.92 Å². The molecule has 1 N–H and O–H groups in total. The van der Waals surface area contributed by atoms with Crippen molar-refractivity contribution in [2.75, 3.05) is 32.1 Å². The average molecular weight is 424 g/mol. The lowest BCUT2D eigenvalue weighted by molar-refractivity contribution is -0.140. The number of amides is 1. The van der Waals surface area contributed by atoms with Gasteiger partial charge < -0.3 is 15.0 Å². The number of nitrogens with zero attached hydrogens (tertiary/aromatic N) is 2. The molecule has 0 atom stereocenters. The van der Waals surface area contributed by atoms with Crippen molar-refractivity contribution >= 4 is 41.3 Å². The van der Waals surface area contributed by atoms with Gasteiger partial charge in [-0.15, -0.1) is 23.7 Å². The summed E-state index contributed by atoms with van der Waals surface area (Å²) in [5.74, 6) is 0.0624. The highest BCUT2D eigenvalue weighted by Crippen LogP contribution is 2.26. The van der Waals surface area contributed by atoms with Gasteiger partial charge in [0.15, 0.2) is 0 Å². The summed E-state index contributed by atoms with van der Waals surface area (Å²) in [6.45, 7) is 1.82. The summed E-state index contributed by atoms with van der Waals surface area (Å²) < 4.78 is 4.66. The Bertz CT molecular complexity index is 788. The van der Waals surface area contributed by atoms with E-state index in [1.54, 1.807) is 16.2 Å². The van der Waals surface area contributed by atoms with Gasteiger partial charge in [-0.25, -0.2) is 4.98 Å². The Hall–Kier alpha value is -1.96. The Morgan fingerprint density at radius 2 is 1.93 bits per heavy atom. The third-order valence-electron chi connectivity index (χ3n) is 4.89. The number of halogens is 1. The zero-order valence-corrected chi connectivity index (χ0v) is 17.8. The number of anilines is 1. The van der Waals surface area contributed by atoms with Crippen molar-refractivity contribution in [3.63, 3.8) is 0 Å². The fourth-order valence-electron chi connectivity index (χ4n) is 3.20. The Kier molecular flexibility index (Phi) is 8.41. The highest BCUT2D eigenvalue weighted by Gasteiger charge is 2.24. The Balaban J connectivity index is 0.00000280. The molecule has 1 aromatic heterocycles. The summed E-state index contributed by atoms with van der Waals surface area (Å²) in [7, 11) is 3.23. The number of rotatable bonds is 6. The molecule has 0 aliphatic carbocycles. The molecule has 3 rings (SSSR count). The van der Waals surface area contributed by atoms with Gasteiger partial charge in [0.25, 0.3) is 0 Å². The van der Waals surface area contributed by atoms with Gasteiger partial charge in [-0.2, -0.15) is 0 Å². The zero-order valence-electron chi connectivity index (χ0n) is 16.1. The highest BCUT2D eigenvalue weighted by atomic mass is 35.5. The molecule has 28 heavy (non-hydrogen) atoms. The third-order valence-corrected chi connectivity index (χ3v) is 5.80. The van der Waals surface area contributed by atoms with Crippen LogP contribution in [-0.4, -0.2) is 44.1 Å². The van der Waals surface area contributed by atoms with Crippen molar-refractivity contribution in [1.29, 1.82) is 0 Å². The van der Waals surface area contributed by atoms with E-state index in [1.165, 1.54) is 7.11 Å². The van der Waals surface area contributed by atoms with Gasteiger partial charge >= 0.3 is 5.97 Å². The van der Waals surface area contributed by atoms with E-state index in [0.717, 1.165) is 47.9 Å². The van der Waals surface area contributed by atoms with Crippen LogP contribution in [-0.2, 0) is 20.7 Å². The zero-order chi connectivity index (χ0) is 19.2. The topological polar surface area (TPSA) is 71.5 Å². The van der Waals surface area contributed by atoms with Crippen LogP contribution in [0.1, 0.15) is 24.3 Å². The number of methoxy groups -OCH3 is 1. The molecular weight excluding hydrogens is 398 g/mol. The van der Waals surface area contributed by atoms with E-state index in [1.807, 2.05) is 36.7 Å². The second-order valence-electron chi connectivity index (χ2n) is 6.67. The first kappa shape index (κ1) is 22.3. The van der Waals surface area contributed by atoms with Gasteiger partial charge in [-0.3, -0.25) is 9.59 Å². The molecule has 0 unspecified atom stereocenters. The molecule has 1 aromatic carbocycles.